The Bertz CT molecular complexity index is 532. The van der Waals surface area contributed by atoms with Crippen LogP contribution in [0.2, 0.25) is 0 Å². The summed E-state index contributed by atoms with van der Waals surface area (Å²) in [4.78, 5) is 4.82. The average Bonchev–Trinajstić information content (AvgIpc) is 2.89. The van der Waals surface area contributed by atoms with Gasteiger partial charge in [0.1, 0.15) is 0 Å². The van der Waals surface area contributed by atoms with Gasteiger partial charge in [0, 0.05) is 21.3 Å². The first-order chi connectivity index (χ1) is 8.83. The van der Waals surface area contributed by atoms with Gasteiger partial charge in [-0.15, -0.1) is 11.3 Å². The van der Waals surface area contributed by atoms with E-state index in [-0.39, 0.29) is 0 Å². The molecule has 94 valence electrons. The van der Waals surface area contributed by atoms with Gasteiger partial charge in [-0.2, -0.15) is 0 Å². The van der Waals surface area contributed by atoms with E-state index in [1.54, 1.807) is 11.3 Å². The second-order valence-electron chi connectivity index (χ2n) is 4.61. The number of hydrogen-bond donors (Lipinski definition) is 1. The van der Waals surface area contributed by atoms with Crippen molar-refractivity contribution in [3.05, 3.63) is 39.1 Å². The summed E-state index contributed by atoms with van der Waals surface area (Å²) in [6, 6.07) is 8.35. The fourth-order valence-electron chi connectivity index (χ4n) is 2.32. The molecule has 0 amide bonds. The zero-order chi connectivity index (χ0) is 12.4. The molecule has 4 heteroatoms. The molecule has 2 heterocycles. The van der Waals surface area contributed by atoms with Crippen LogP contribution in [-0.2, 0) is 0 Å². The minimum atomic E-state index is 0.650. The van der Waals surface area contributed by atoms with E-state index in [4.69, 9.17) is 4.98 Å². The average molecular weight is 323 g/mol. The molecule has 1 fully saturated rings. The van der Waals surface area contributed by atoms with Gasteiger partial charge in [0.25, 0.3) is 0 Å². The molecule has 18 heavy (non-hydrogen) atoms. The maximum atomic E-state index is 4.82. The molecule has 1 saturated heterocycles. The number of thiazole rings is 1. The van der Waals surface area contributed by atoms with Crippen LogP contribution < -0.4 is 5.32 Å². The van der Waals surface area contributed by atoms with Gasteiger partial charge in [-0.05, 0) is 38.1 Å². The van der Waals surface area contributed by atoms with Gasteiger partial charge in [-0.25, -0.2) is 4.98 Å². The van der Waals surface area contributed by atoms with E-state index in [0.717, 1.165) is 23.3 Å². The topological polar surface area (TPSA) is 24.9 Å². The van der Waals surface area contributed by atoms with Crippen LogP contribution in [0.1, 0.15) is 23.8 Å². The predicted octanol–water partition coefficient (Wildman–Crippen LogP) is 4.04. The highest BCUT2D eigenvalue weighted by Crippen LogP contribution is 2.31. The Morgan fingerprint density at radius 1 is 1.28 bits per heavy atom. The predicted molar refractivity (Wildman–Crippen MR) is 80.1 cm³/mol. The summed E-state index contributed by atoms with van der Waals surface area (Å²) in [5, 5.41) is 6.88. The van der Waals surface area contributed by atoms with Crippen LogP contribution in [0.4, 0.5) is 0 Å². The Hall–Kier alpha value is -0.710. The Balaban J connectivity index is 1.84. The normalized spacial score (nSPS) is 16.9. The van der Waals surface area contributed by atoms with Crippen molar-refractivity contribution >= 4 is 27.3 Å². The second kappa shape index (κ2) is 5.51. The summed E-state index contributed by atoms with van der Waals surface area (Å²) >= 11 is 5.31. The van der Waals surface area contributed by atoms with Crippen molar-refractivity contribution in [2.24, 2.45) is 0 Å². The molecule has 0 radical (unpaired) electrons. The molecule has 0 bridgehead atoms. The van der Waals surface area contributed by atoms with Crippen molar-refractivity contribution in [3.8, 4) is 11.3 Å². The van der Waals surface area contributed by atoms with E-state index in [9.17, 15) is 0 Å². The molecule has 0 aliphatic carbocycles. The number of hydrogen-bond acceptors (Lipinski definition) is 3. The van der Waals surface area contributed by atoms with Gasteiger partial charge in [-0.3, -0.25) is 0 Å². The summed E-state index contributed by atoms with van der Waals surface area (Å²) in [6.07, 6.45) is 2.43. The van der Waals surface area contributed by atoms with Gasteiger partial charge in [0.2, 0.25) is 0 Å². The van der Waals surface area contributed by atoms with Crippen molar-refractivity contribution in [2.45, 2.75) is 18.8 Å². The smallest absolute Gasteiger partial charge is 0.0964 e. The summed E-state index contributed by atoms with van der Waals surface area (Å²) in [6.45, 7) is 2.24. The van der Waals surface area contributed by atoms with Crippen LogP contribution in [0.25, 0.3) is 11.3 Å². The fourth-order valence-corrected chi connectivity index (χ4v) is 3.72. The molecular formula is C14H15BrN2S. The lowest BCUT2D eigenvalue weighted by Gasteiger charge is -2.20. The molecule has 1 N–H and O–H groups in total. The maximum absolute atomic E-state index is 4.82. The zero-order valence-electron chi connectivity index (χ0n) is 10.0. The van der Waals surface area contributed by atoms with Crippen molar-refractivity contribution in [1.29, 1.82) is 0 Å². The molecule has 2 nitrogen and oxygen atoms in total. The van der Waals surface area contributed by atoms with Gasteiger partial charge < -0.3 is 5.32 Å². The Morgan fingerprint density at radius 3 is 2.89 bits per heavy atom. The maximum Gasteiger partial charge on any atom is 0.0964 e. The minimum absolute atomic E-state index is 0.650. The molecule has 1 aromatic carbocycles. The lowest BCUT2D eigenvalue weighted by atomic mass is 9.99. The molecule has 2 aromatic rings. The van der Waals surface area contributed by atoms with Crippen LogP contribution in [0, 0.1) is 0 Å². The molecule has 0 spiro atoms. The molecular weight excluding hydrogens is 308 g/mol. The van der Waals surface area contributed by atoms with Crippen LogP contribution in [0.5, 0.6) is 0 Å². The van der Waals surface area contributed by atoms with Crippen molar-refractivity contribution in [3.63, 3.8) is 0 Å². The van der Waals surface area contributed by atoms with E-state index < -0.39 is 0 Å². The number of halogens is 1. The summed E-state index contributed by atoms with van der Waals surface area (Å²) in [5.74, 6) is 0.650. The second-order valence-corrected chi connectivity index (χ2v) is 6.41. The highest BCUT2D eigenvalue weighted by Gasteiger charge is 2.18. The molecule has 3 rings (SSSR count). The monoisotopic (exact) mass is 322 g/mol. The van der Waals surface area contributed by atoms with E-state index in [1.807, 2.05) is 6.07 Å². The van der Waals surface area contributed by atoms with Crippen molar-refractivity contribution in [2.75, 3.05) is 13.1 Å². The highest BCUT2D eigenvalue weighted by atomic mass is 79.9. The Morgan fingerprint density at radius 2 is 2.11 bits per heavy atom. The Kier molecular flexibility index (Phi) is 3.77. The van der Waals surface area contributed by atoms with Crippen LogP contribution >= 0.6 is 27.3 Å². The number of aromatic nitrogens is 1. The SMILES string of the molecule is Brc1cccc(-c2csc(C3CCNCC3)n2)c1. The fraction of sp³-hybridized carbons (Fsp3) is 0.357. The molecule has 0 atom stereocenters. The number of benzene rings is 1. The first-order valence-electron chi connectivity index (χ1n) is 6.25. The van der Waals surface area contributed by atoms with Gasteiger partial charge >= 0.3 is 0 Å². The quantitative estimate of drug-likeness (QED) is 0.902. The number of piperidine rings is 1. The lowest BCUT2D eigenvalue weighted by molar-refractivity contribution is 0.459. The van der Waals surface area contributed by atoms with E-state index in [2.05, 4.69) is 44.8 Å². The van der Waals surface area contributed by atoms with E-state index >= 15 is 0 Å². The molecule has 0 saturated carbocycles. The van der Waals surface area contributed by atoms with Gasteiger partial charge in [0.15, 0.2) is 0 Å². The Labute approximate surface area is 120 Å². The molecule has 1 aliphatic rings. The third-order valence-corrected chi connectivity index (χ3v) is 4.83. The van der Waals surface area contributed by atoms with E-state index in [1.165, 1.54) is 23.4 Å². The molecule has 1 aliphatic heterocycles. The van der Waals surface area contributed by atoms with Crippen LogP contribution in [0.3, 0.4) is 0 Å². The van der Waals surface area contributed by atoms with Crippen molar-refractivity contribution in [1.82, 2.24) is 10.3 Å². The van der Waals surface area contributed by atoms with Crippen molar-refractivity contribution < 1.29 is 0 Å². The summed E-state index contributed by atoms with van der Waals surface area (Å²) < 4.78 is 1.11. The summed E-state index contributed by atoms with van der Waals surface area (Å²) in [5.41, 5.74) is 2.30. The van der Waals surface area contributed by atoms with Crippen LogP contribution in [-0.4, -0.2) is 18.1 Å². The first-order valence-corrected chi connectivity index (χ1v) is 7.92. The summed E-state index contributed by atoms with van der Waals surface area (Å²) in [7, 11) is 0. The number of nitrogens with one attached hydrogen (secondary N) is 1. The molecule has 1 aromatic heterocycles. The minimum Gasteiger partial charge on any atom is -0.317 e. The molecule has 0 unspecified atom stereocenters. The standard InChI is InChI=1S/C14H15BrN2S/c15-12-3-1-2-11(8-12)13-9-18-14(17-13)10-4-6-16-7-5-10/h1-3,8-10,16H,4-7H2. The third kappa shape index (κ3) is 2.66. The zero-order valence-corrected chi connectivity index (χ0v) is 12.4. The number of rotatable bonds is 2. The highest BCUT2D eigenvalue weighted by molar-refractivity contribution is 9.10. The van der Waals surface area contributed by atoms with Gasteiger partial charge in [0.05, 0.1) is 10.7 Å². The largest absolute Gasteiger partial charge is 0.317 e. The third-order valence-electron chi connectivity index (χ3n) is 3.33. The lowest BCUT2D eigenvalue weighted by Crippen LogP contribution is -2.26. The first kappa shape index (κ1) is 12.3. The van der Waals surface area contributed by atoms with E-state index in [0.29, 0.717) is 5.92 Å². The number of nitrogens with zero attached hydrogens (tertiary/aromatic N) is 1. The van der Waals surface area contributed by atoms with Gasteiger partial charge in [-0.1, -0.05) is 28.1 Å². The van der Waals surface area contributed by atoms with Crippen LogP contribution in [0.15, 0.2) is 34.1 Å².